The van der Waals surface area contributed by atoms with E-state index in [0.717, 1.165) is 0 Å². The standard InChI is InChI=1S/C18H18FN3O3/c1-12-6-7-16(25-12)18(2,24)11-20-17(23)15-8-9-22(21-15)14-5-3-4-13(19)10-14/h3-10,24H,11H2,1-2H3,(H,20,23). The first-order valence-corrected chi connectivity index (χ1v) is 7.74. The number of halogens is 1. The lowest BCUT2D eigenvalue weighted by Gasteiger charge is -2.20. The normalized spacial score (nSPS) is 13.4. The van der Waals surface area contributed by atoms with Crippen molar-refractivity contribution in [2.24, 2.45) is 0 Å². The SMILES string of the molecule is Cc1ccc(C(C)(O)CNC(=O)c2ccn(-c3cccc(F)c3)n2)o1. The second-order valence-electron chi connectivity index (χ2n) is 5.99. The number of aryl methyl sites for hydroxylation is 1. The summed E-state index contributed by atoms with van der Waals surface area (Å²) in [6.45, 7) is 3.29. The summed E-state index contributed by atoms with van der Waals surface area (Å²) in [6.07, 6.45) is 1.57. The van der Waals surface area contributed by atoms with Crippen molar-refractivity contribution in [2.75, 3.05) is 6.54 Å². The lowest BCUT2D eigenvalue weighted by molar-refractivity contribution is 0.0322. The number of aliphatic hydroxyl groups is 1. The number of carbonyl (C=O) groups is 1. The van der Waals surface area contributed by atoms with E-state index >= 15 is 0 Å². The molecule has 1 amide bonds. The van der Waals surface area contributed by atoms with Gasteiger partial charge in [-0.3, -0.25) is 4.79 Å². The van der Waals surface area contributed by atoms with Gasteiger partial charge in [0.05, 0.1) is 12.2 Å². The predicted molar refractivity (Wildman–Crippen MR) is 88.9 cm³/mol. The van der Waals surface area contributed by atoms with Crippen molar-refractivity contribution in [3.8, 4) is 5.69 Å². The van der Waals surface area contributed by atoms with Crippen molar-refractivity contribution in [2.45, 2.75) is 19.4 Å². The molecule has 0 saturated heterocycles. The molecule has 6 nitrogen and oxygen atoms in total. The molecule has 2 aromatic heterocycles. The molecule has 130 valence electrons. The van der Waals surface area contributed by atoms with Crippen LogP contribution >= 0.6 is 0 Å². The summed E-state index contributed by atoms with van der Waals surface area (Å²) < 4.78 is 20.1. The molecule has 25 heavy (non-hydrogen) atoms. The minimum atomic E-state index is -1.34. The second kappa shape index (κ2) is 6.52. The Balaban J connectivity index is 1.68. The molecule has 0 saturated carbocycles. The van der Waals surface area contributed by atoms with Gasteiger partial charge in [-0.05, 0) is 50.2 Å². The van der Waals surface area contributed by atoms with Crippen LogP contribution in [0, 0.1) is 12.7 Å². The Hall–Kier alpha value is -2.93. The lowest BCUT2D eigenvalue weighted by Crippen LogP contribution is -2.38. The molecule has 1 unspecified atom stereocenters. The summed E-state index contributed by atoms with van der Waals surface area (Å²) in [5.74, 6) is 0.216. The van der Waals surface area contributed by atoms with Crippen molar-refractivity contribution in [1.82, 2.24) is 15.1 Å². The summed E-state index contributed by atoms with van der Waals surface area (Å²) in [6, 6.07) is 10.8. The van der Waals surface area contributed by atoms with Gasteiger partial charge < -0.3 is 14.8 Å². The number of hydrogen-bond donors (Lipinski definition) is 2. The van der Waals surface area contributed by atoms with Crippen molar-refractivity contribution >= 4 is 5.91 Å². The van der Waals surface area contributed by atoms with E-state index in [-0.39, 0.29) is 18.1 Å². The average Bonchev–Trinajstić information content (AvgIpc) is 3.22. The first kappa shape index (κ1) is 16.9. The summed E-state index contributed by atoms with van der Waals surface area (Å²) in [7, 11) is 0. The van der Waals surface area contributed by atoms with Crippen molar-refractivity contribution in [1.29, 1.82) is 0 Å². The Kier molecular flexibility index (Phi) is 4.41. The molecule has 1 atom stereocenters. The zero-order valence-corrected chi connectivity index (χ0v) is 13.9. The van der Waals surface area contributed by atoms with Crippen LogP contribution in [0.5, 0.6) is 0 Å². The Morgan fingerprint density at radius 2 is 2.16 bits per heavy atom. The fourth-order valence-corrected chi connectivity index (χ4v) is 2.36. The van der Waals surface area contributed by atoms with E-state index < -0.39 is 11.5 Å². The zero-order chi connectivity index (χ0) is 18.0. The van der Waals surface area contributed by atoms with Crippen LogP contribution in [-0.4, -0.2) is 27.3 Å². The molecule has 0 aliphatic heterocycles. The monoisotopic (exact) mass is 343 g/mol. The number of benzene rings is 1. The Bertz CT molecular complexity index is 898. The second-order valence-corrected chi connectivity index (χ2v) is 5.99. The van der Waals surface area contributed by atoms with E-state index in [9.17, 15) is 14.3 Å². The van der Waals surface area contributed by atoms with Gasteiger partial charge in [0.15, 0.2) is 5.69 Å². The summed E-state index contributed by atoms with van der Waals surface area (Å²) in [5.41, 5.74) is -0.664. The first-order chi connectivity index (χ1) is 11.8. The van der Waals surface area contributed by atoms with Gasteiger partial charge in [-0.1, -0.05) is 6.07 Å². The van der Waals surface area contributed by atoms with Crippen LogP contribution in [0.3, 0.4) is 0 Å². The average molecular weight is 343 g/mol. The molecule has 0 spiro atoms. The maximum absolute atomic E-state index is 13.3. The number of nitrogens with zero attached hydrogens (tertiary/aromatic N) is 2. The quantitative estimate of drug-likeness (QED) is 0.746. The maximum Gasteiger partial charge on any atom is 0.271 e. The molecule has 0 radical (unpaired) electrons. The highest BCUT2D eigenvalue weighted by molar-refractivity contribution is 5.92. The number of furan rings is 1. The molecule has 3 aromatic rings. The Morgan fingerprint density at radius 3 is 2.84 bits per heavy atom. The summed E-state index contributed by atoms with van der Waals surface area (Å²) >= 11 is 0. The highest BCUT2D eigenvalue weighted by atomic mass is 19.1. The number of nitrogens with one attached hydrogen (secondary N) is 1. The van der Waals surface area contributed by atoms with Gasteiger partial charge >= 0.3 is 0 Å². The lowest BCUT2D eigenvalue weighted by atomic mass is 10.0. The van der Waals surface area contributed by atoms with Gasteiger partial charge in [0.1, 0.15) is 22.9 Å². The van der Waals surface area contributed by atoms with E-state index in [1.54, 1.807) is 44.3 Å². The van der Waals surface area contributed by atoms with E-state index in [1.807, 2.05) is 0 Å². The van der Waals surface area contributed by atoms with Crippen molar-refractivity contribution in [3.63, 3.8) is 0 Å². The van der Waals surface area contributed by atoms with Gasteiger partial charge in [0.2, 0.25) is 0 Å². The molecule has 2 N–H and O–H groups in total. The number of amides is 1. The van der Waals surface area contributed by atoms with Crippen LogP contribution in [0.15, 0.2) is 53.1 Å². The zero-order valence-electron chi connectivity index (χ0n) is 13.9. The largest absolute Gasteiger partial charge is 0.463 e. The first-order valence-electron chi connectivity index (χ1n) is 7.74. The number of aromatic nitrogens is 2. The molecule has 0 bridgehead atoms. The fraction of sp³-hybridized carbons (Fsp3) is 0.222. The smallest absolute Gasteiger partial charge is 0.271 e. The minimum absolute atomic E-state index is 0.0361. The molecule has 1 aromatic carbocycles. The molecule has 0 fully saturated rings. The van der Waals surface area contributed by atoms with Crippen LogP contribution in [0.1, 0.15) is 28.9 Å². The van der Waals surface area contributed by atoms with Crippen LogP contribution in [0.4, 0.5) is 4.39 Å². The molecule has 0 aliphatic rings. The summed E-state index contributed by atoms with van der Waals surface area (Å²) in [4.78, 5) is 12.2. The highest BCUT2D eigenvalue weighted by Gasteiger charge is 2.28. The summed E-state index contributed by atoms with van der Waals surface area (Å²) in [5, 5.41) is 17.2. The van der Waals surface area contributed by atoms with Crippen LogP contribution in [-0.2, 0) is 5.60 Å². The maximum atomic E-state index is 13.3. The Labute approximate surface area is 143 Å². The van der Waals surface area contributed by atoms with Gasteiger partial charge in [0, 0.05) is 6.20 Å². The van der Waals surface area contributed by atoms with Crippen molar-refractivity contribution in [3.05, 3.63) is 71.7 Å². The molecule has 3 rings (SSSR count). The third-order valence-corrected chi connectivity index (χ3v) is 3.76. The molecular formula is C18H18FN3O3. The van der Waals surface area contributed by atoms with Gasteiger partial charge in [-0.15, -0.1) is 0 Å². The predicted octanol–water partition coefficient (Wildman–Crippen LogP) is 2.55. The van der Waals surface area contributed by atoms with Gasteiger partial charge in [-0.25, -0.2) is 9.07 Å². The topological polar surface area (TPSA) is 80.3 Å². The number of hydrogen-bond acceptors (Lipinski definition) is 4. The highest BCUT2D eigenvalue weighted by Crippen LogP contribution is 2.22. The molecule has 7 heteroatoms. The van der Waals surface area contributed by atoms with Gasteiger partial charge in [0.25, 0.3) is 5.91 Å². The molecular weight excluding hydrogens is 325 g/mol. The Morgan fingerprint density at radius 1 is 1.36 bits per heavy atom. The third kappa shape index (κ3) is 3.77. The van der Waals surface area contributed by atoms with Crippen LogP contribution in [0.25, 0.3) is 5.69 Å². The number of carbonyl (C=O) groups excluding carboxylic acids is 1. The minimum Gasteiger partial charge on any atom is -0.463 e. The third-order valence-electron chi connectivity index (χ3n) is 3.76. The van der Waals surface area contributed by atoms with Crippen LogP contribution < -0.4 is 5.32 Å². The van der Waals surface area contributed by atoms with Crippen molar-refractivity contribution < 1.29 is 18.7 Å². The molecule has 2 heterocycles. The van der Waals surface area contributed by atoms with E-state index in [0.29, 0.717) is 17.2 Å². The van der Waals surface area contributed by atoms with Gasteiger partial charge in [-0.2, -0.15) is 5.10 Å². The van der Waals surface area contributed by atoms with Crippen LogP contribution in [0.2, 0.25) is 0 Å². The fourth-order valence-electron chi connectivity index (χ4n) is 2.36. The molecule has 0 aliphatic carbocycles. The van der Waals surface area contributed by atoms with E-state index in [4.69, 9.17) is 4.42 Å². The number of rotatable bonds is 5. The van der Waals surface area contributed by atoms with E-state index in [1.165, 1.54) is 22.9 Å². The van der Waals surface area contributed by atoms with E-state index in [2.05, 4.69) is 10.4 Å².